The van der Waals surface area contributed by atoms with Gasteiger partial charge in [-0.25, -0.2) is 0 Å². The molecule has 1 aliphatic carbocycles. The van der Waals surface area contributed by atoms with Crippen LogP contribution in [0.4, 0.5) is 0 Å². The van der Waals surface area contributed by atoms with E-state index < -0.39 is 6.10 Å². The van der Waals surface area contributed by atoms with Gasteiger partial charge in [0.25, 0.3) is 0 Å². The molecule has 2 aliphatic rings. The third-order valence-electron chi connectivity index (χ3n) is 5.38. The molecule has 1 aromatic rings. The van der Waals surface area contributed by atoms with Gasteiger partial charge in [0.05, 0.1) is 12.0 Å². The van der Waals surface area contributed by atoms with Crippen LogP contribution in [0, 0.1) is 5.92 Å². The largest absolute Gasteiger partial charge is 0.392 e. The van der Waals surface area contributed by atoms with Crippen molar-refractivity contribution in [2.24, 2.45) is 5.92 Å². The zero-order valence-corrected chi connectivity index (χ0v) is 14.5. The van der Waals surface area contributed by atoms with Crippen LogP contribution < -0.4 is 5.32 Å². The van der Waals surface area contributed by atoms with Crippen molar-refractivity contribution in [1.29, 1.82) is 0 Å². The van der Waals surface area contributed by atoms with Crippen LogP contribution in [-0.2, 0) is 17.9 Å². The summed E-state index contributed by atoms with van der Waals surface area (Å²) in [5.41, 5.74) is 2.47. The number of rotatable bonds is 5. The Morgan fingerprint density at radius 3 is 2.54 bits per heavy atom. The molecule has 132 valence electrons. The molecule has 0 spiro atoms. The Labute approximate surface area is 145 Å². The lowest BCUT2D eigenvalue weighted by Crippen LogP contribution is -2.34. The fourth-order valence-corrected chi connectivity index (χ4v) is 3.96. The smallest absolute Gasteiger partial charge is 0.225 e. The van der Waals surface area contributed by atoms with Gasteiger partial charge in [0.15, 0.2) is 0 Å². The van der Waals surface area contributed by atoms with Gasteiger partial charge in [0.2, 0.25) is 5.91 Å². The summed E-state index contributed by atoms with van der Waals surface area (Å²) in [6.07, 6.45) is 7.37. The number of carbonyl (C=O) groups excluding carboxylic acids is 1. The van der Waals surface area contributed by atoms with Crippen LogP contribution in [-0.4, -0.2) is 35.1 Å². The van der Waals surface area contributed by atoms with E-state index in [0.29, 0.717) is 6.54 Å². The van der Waals surface area contributed by atoms with E-state index >= 15 is 0 Å². The number of amides is 1. The van der Waals surface area contributed by atoms with E-state index in [1.54, 1.807) is 0 Å². The second-order valence-electron chi connectivity index (χ2n) is 7.33. The van der Waals surface area contributed by atoms with Gasteiger partial charge in [-0.3, -0.25) is 9.69 Å². The summed E-state index contributed by atoms with van der Waals surface area (Å²) < 4.78 is 0. The fourth-order valence-electron chi connectivity index (χ4n) is 3.96. The molecule has 1 saturated heterocycles. The van der Waals surface area contributed by atoms with Crippen molar-refractivity contribution in [2.75, 3.05) is 13.1 Å². The highest BCUT2D eigenvalue weighted by Gasteiger charge is 2.31. The molecule has 0 radical (unpaired) electrons. The number of nitrogens with zero attached hydrogens (tertiary/aromatic N) is 1. The van der Waals surface area contributed by atoms with Crippen molar-refractivity contribution in [1.82, 2.24) is 10.2 Å². The van der Waals surface area contributed by atoms with Crippen molar-refractivity contribution in [3.63, 3.8) is 0 Å². The Morgan fingerprint density at radius 1 is 1.08 bits per heavy atom. The fraction of sp³-hybridized carbons (Fsp3) is 0.650. The molecule has 3 rings (SSSR count). The summed E-state index contributed by atoms with van der Waals surface area (Å²) >= 11 is 0. The quantitative estimate of drug-likeness (QED) is 0.873. The maximum atomic E-state index is 12.2. The Morgan fingerprint density at radius 2 is 1.83 bits per heavy atom. The molecule has 1 aromatic carbocycles. The summed E-state index contributed by atoms with van der Waals surface area (Å²) in [4.78, 5) is 14.7. The molecule has 1 heterocycles. The molecule has 2 fully saturated rings. The lowest BCUT2D eigenvalue weighted by molar-refractivity contribution is -0.127. The topological polar surface area (TPSA) is 52.6 Å². The van der Waals surface area contributed by atoms with Gasteiger partial charge in [-0.15, -0.1) is 0 Å². The third-order valence-corrected chi connectivity index (χ3v) is 5.38. The first-order valence-electron chi connectivity index (χ1n) is 9.48. The molecule has 4 heteroatoms. The minimum Gasteiger partial charge on any atom is -0.392 e. The number of carbonyl (C=O) groups is 1. The summed E-state index contributed by atoms with van der Waals surface area (Å²) in [6, 6.07) is 8.53. The van der Waals surface area contributed by atoms with Gasteiger partial charge >= 0.3 is 0 Å². The molecule has 1 saturated carbocycles. The van der Waals surface area contributed by atoms with Crippen LogP contribution >= 0.6 is 0 Å². The van der Waals surface area contributed by atoms with Crippen LogP contribution in [0.15, 0.2) is 24.3 Å². The van der Waals surface area contributed by atoms with Gasteiger partial charge < -0.3 is 10.4 Å². The molecular formula is C20H30N2O2. The molecule has 1 aliphatic heterocycles. The normalized spacial score (nSPS) is 25.4. The molecule has 4 nitrogen and oxygen atoms in total. The number of aliphatic hydroxyl groups excluding tert-OH is 1. The number of nitrogens with one attached hydrogen (secondary N) is 1. The Balaban J connectivity index is 1.52. The Bertz CT molecular complexity index is 538. The molecule has 24 heavy (non-hydrogen) atoms. The predicted octanol–water partition coefficient (Wildman–Crippen LogP) is 2.84. The molecule has 2 N–H and O–H groups in total. The highest BCUT2D eigenvalue weighted by atomic mass is 16.3. The van der Waals surface area contributed by atoms with E-state index in [4.69, 9.17) is 0 Å². The summed E-state index contributed by atoms with van der Waals surface area (Å²) in [5, 5.41) is 12.8. The highest BCUT2D eigenvalue weighted by molar-refractivity contribution is 5.79. The van der Waals surface area contributed by atoms with Crippen molar-refractivity contribution < 1.29 is 9.90 Å². The van der Waals surface area contributed by atoms with Gasteiger partial charge in [-0.1, -0.05) is 37.1 Å². The van der Waals surface area contributed by atoms with Gasteiger partial charge in [-0.2, -0.15) is 0 Å². The van der Waals surface area contributed by atoms with Crippen molar-refractivity contribution in [3.8, 4) is 0 Å². The van der Waals surface area contributed by atoms with Crippen molar-refractivity contribution >= 4 is 5.91 Å². The average molecular weight is 330 g/mol. The summed E-state index contributed by atoms with van der Waals surface area (Å²) in [5.74, 6) is -0.219. The maximum absolute atomic E-state index is 12.2. The first-order valence-corrected chi connectivity index (χ1v) is 9.48. The lowest BCUT2D eigenvalue weighted by atomic mass is 10.0. The zero-order valence-electron chi connectivity index (χ0n) is 14.5. The van der Waals surface area contributed by atoms with Crippen LogP contribution in [0.2, 0.25) is 0 Å². The Kier molecular flexibility index (Phi) is 6.27. The van der Waals surface area contributed by atoms with Gasteiger partial charge in [0, 0.05) is 13.1 Å². The summed E-state index contributed by atoms with van der Waals surface area (Å²) in [6.45, 7) is 3.94. The van der Waals surface area contributed by atoms with Crippen molar-refractivity contribution in [3.05, 3.63) is 35.4 Å². The second kappa shape index (κ2) is 8.63. The van der Waals surface area contributed by atoms with Crippen LogP contribution in [0.25, 0.3) is 0 Å². The monoisotopic (exact) mass is 330 g/mol. The number of aliphatic hydroxyl groups is 1. The number of benzene rings is 1. The van der Waals surface area contributed by atoms with Crippen LogP contribution in [0.5, 0.6) is 0 Å². The molecule has 0 aromatic heterocycles. The summed E-state index contributed by atoms with van der Waals surface area (Å²) in [7, 11) is 0. The molecule has 0 bridgehead atoms. The van der Waals surface area contributed by atoms with E-state index in [1.165, 1.54) is 44.3 Å². The highest BCUT2D eigenvalue weighted by Crippen LogP contribution is 2.25. The molecular weight excluding hydrogens is 300 g/mol. The standard InChI is InChI=1S/C20H30N2O2/c23-19-10-6-9-18(19)20(24)21-14-16-7-5-8-17(13-16)15-22-11-3-1-2-4-12-22/h5,7-8,13,18-19,23H,1-4,6,9-12,14-15H2,(H,21,24). The lowest BCUT2D eigenvalue weighted by Gasteiger charge is -2.20. The molecule has 2 unspecified atom stereocenters. The van der Waals surface area contributed by atoms with E-state index in [9.17, 15) is 9.90 Å². The third kappa shape index (κ3) is 4.81. The van der Waals surface area contributed by atoms with Gasteiger partial charge in [0.1, 0.15) is 0 Å². The van der Waals surface area contributed by atoms with Crippen LogP contribution in [0.3, 0.4) is 0 Å². The Hall–Kier alpha value is -1.39. The van der Waals surface area contributed by atoms with E-state index in [2.05, 4.69) is 34.5 Å². The maximum Gasteiger partial charge on any atom is 0.225 e. The van der Waals surface area contributed by atoms with Crippen LogP contribution in [0.1, 0.15) is 56.1 Å². The number of hydrogen-bond acceptors (Lipinski definition) is 3. The minimum atomic E-state index is -0.459. The van der Waals surface area contributed by atoms with E-state index in [-0.39, 0.29) is 11.8 Å². The first kappa shape index (κ1) is 17.4. The zero-order chi connectivity index (χ0) is 16.8. The predicted molar refractivity (Wildman–Crippen MR) is 95.4 cm³/mol. The minimum absolute atomic E-state index is 0.00192. The van der Waals surface area contributed by atoms with Crippen molar-refractivity contribution in [2.45, 2.75) is 64.1 Å². The first-order chi connectivity index (χ1) is 11.7. The van der Waals surface area contributed by atoms with Gasteiger partial charge in [-0.05, 0) is 56.3 Å². The average Bonchev–Trinajstić information content (AvgIpc) is 2.85. The number of hydrogen-bond donors (Lipinski definition) is 2. The molecule has 2 atom stereocenters. The van der Waals surface area contributed by atoms with E-state index in [0.717, 1.165) is 31.4 Å². The second-order valence-corrected chi connectivity index (χ2v) is 7.33. The number of likely N-dealkylation sites (tertiary alicyclic amines) is 1. The SMILES string of the molecule is O=C(NCc1cccc(CN2CCCCCC2)c1)C1CCCC1O. The van der Waals surface area contributed by atoms with E-state index in [1.807, 2.05) is 0 Å². The molecule has 1 amide bonds.